The van der Waals surface area contributed by atoms with Crippen LogP contribution in [0.5, 0.6) is 0 Å². The van der Waals surface area contributed by atoms with Crippen molar-refractivity contribution in [1.82, 2.24) is 0 Å². The number of rotatable bonds is 3. The third-order valence-corrected chi connectivity index (χ3v) is 3.26. The van der Waals surface area contributed by atoms with Crippen LogP contribution in [0, 0.1) is 11.3 Å². The fraction of sp³-hybridized carbons (Fsp3) is 0.600. The number of hydrogen-bond donors (Lipinski definition) is 1. The van der Waals surface area contributed by atoms with Crippen LogP contribution >= 0.6 is 12.6 Å². The molecule has 0 amide bonds. The van der Waals surface area contributed by atoms with E-state index in [0.717, 1.165) is 4.90 Å². The highest BCUT2D eigenvalue weighted by Crippen LogP contribution is 2.36. The average molecular weight is 236 g/mol. The van der Waals surface area contributed by atoms with Crippen molar-refractivity contribution in [2.75, 3.05) is 0 Å². The highest BCUT2D eigenvalue weighted by atomic mass is 32.1. The van der Waals surface area contributed by atoms with Crippen molar-refractivity contribution >= 4 is 12.6 Å². The van der Waals surface area contributed by atoms with Crippen LogP contribution in [0.4, 0.5) is 0 Å². The molecule has 0 heterocycles. The van der Waals surface area contributed by atoms with E-state index in [2.05, 4.69) is 71.5 Å². The molecule has 0 bridgehead atoms. The zero-order valence-corrected chi connectivity index (χ0v) is 12.0. The van der Waals surface area contributed by atoms with Gasteiger partial charge in [-0.05, 0) is 41.4 Å². The van der Waals surface area contributed by atoms with Crippen LogP contribution in [0.15, 0.2) is 29.2 Å². The number of thiol groups is 1. The Labute approximate surface area is 106 Å². The molecule has 0 saturated heterocycles. The SMILES string of the molecule is CC(C)C(CC(C)(C)C)c1ccc(S)cc1. The maximum Gasteiger partial charge on any atom is 0.00401 e. The van der Waals surface area contributed by atoms with Crippen LogP contribution in [-0.4, -0.2) is 0 Å². The molecule has 1 aromatic carbocycles. The third kappa shape index (κ3) is 4.21. The lowest BCUT2D eigenvalue weighted by Gasteiger charge is -2.29. The molecule has 0 aliphatic heterocycles. The molecule has 1 unspecified atom stereocenters. The minimum atomic E-state index is 0.384. The summed E-state index contributed by atoms with van der Waals surface area (Å²) in [6.45, 7) is 11.6. The van der Waals surface area contributed by atoms with E-state index in [1.807, 2.05) is 0 Å². The van der Waals surface area contributed by atoms with E-state index in [1.54, 1.807) is 0 Å². The second-order valence-corrected chi connectivity index (χ2v) is 6.72. The zero-order valence-electron chi connectivity index (χ0n) is 11.1. The Morgan fingerprint density at radius 1 is 1.06 bits per heavy atom. The first-order valence-electron chi connectivity index (χ1n) is 6.08. The summed E-state index contributed by atoms with van der Waals surface area (Å²) in [6.07, 6.45) is 1.23. The highest BCUT2D eigenvalue weighted by molar-refractivity contribution is 7.80. The van der Waals surface area contributed by atoms with Gasteiger partial charge >= 0.3 is 0 Å². The van der Waals surface area contributed by atoms with Gasteiger partial charge in [0.2, 0.25) is 0 Å². The van der Waals surface area contributed by atoms with Gasteiger partial charge in [0.25, 0.3) is 0 Å². The van der Waals surface area contributed by atoms with Crippen molar-refractivity contribution in [2.24, 2.45) is 11.3 Å². The molecule has 1 rings (SSSR count). The van der Waals surface area contributed by atoms with Gasteiger partial charge in [-0.1, -0.05) is 46.8 Å². The molecule has 1 atom stereocenters. The molecule has 0 aliphatic rings. The van der Waals surface area contributed by atoms with Crippen molar-refractivity contribution in [3.05, 3.63) is 29.8 Å². The van der Waals surface area contributed by atoms with Gasteiger partial charge in [0.1, 0.15) is 0 Å². The van der Waals surface area contributed by atoms with E-state index < -0.39 is 0 Å². The van der Waals surface area contributed by atoms with Gasteiger partial charge in [-0.3, -0.25) is 0 Å². The number of hydrogen-bond acceptors (Lipinski definition) is 1. The minimum Gasteiger partial charge on any atom is -0.143 e. The predicted octanol–water partition coefficient (Wildman–Crippen LogP) is 5.15. The maximum atomic E-state index is 4.34. The molecule has 0 nitrogen and oxygen atoms in total. The van der Waals surface area contributed by atoms with Gasteiger partial charge < -0.3 is 0 Å². The lowest BCUT2D eigenvalue weighted by Crippen LogP contribution is -2.16. The molecular weight excluding hydrogens is 212 g/mol. The second kappa shape index (κ2) is 5.27. The lowest BCUT2D eigenvalue weighted by atomic mass is 9.76. The van der Waals surface area contributed by atoms with Crippen LogP contribution in [0.25, 0.3) is 0 Å². The van der Waals surface area contributed by atoms with Crippen molar-refractivity contribution in [2.45, 2.75) is 51.9 Å². The van der Waals surface area contributed by atoms with Gasteiger partial charge in [-0.25, -0.2) is 0 Å². The quantitative estimate of drug-likeness (QED) is 0.689. The van der Waals surface area contributed by atoms with E-state index in [9.17, 15) is 0 Å². The van der Waals surface area contributed by atoms with Crippen LogP contribution < -0.4 is 0 Å². The first-order valence-corrected chi connectivity index (χ1v) is 6.53. The van der Waals surface area contributed by atoms with Gasteiger partial charge in [0.05, 0.1) is 0 Å². The molecular formula is C15H24S. The summed E-state index contributed by atoms with van der Waals surface area (Å²) >= 11 is 4.34. The maximum absolute atomic E-state index is 4.34. The molecule has 1 aromatic rings. The lowest BCUT2D eigenvalue weighted by molar-refractivity contribution is 0.301. The summed E-state index contributed by atoms with van der Waals surface area (Å²) in [7, 11) is 0. The molecule has 1 heteroatoms. The molecule has 16 heavy (non-hydrogen) atoms. The fourth-order valence-electron chi connectivity index (χ4n) is 2.12. The Bertz CT molecular complexity index is 316. The summed E-state index contributed by atoms with van der Waals surface area (Å²) in [5.74, 6) is 1.33. The number of benzene rings is 1. The van der Waals surface area contributed by atoms with Gasteiger partial charge in [-0.15, -0.1) is 12.6 Å². The van der Waals surface area contributed by atoms with Crippen molar-refractivity contribution < 1.29 is 0 Å². The molecule has 90 valence electrons. The molecule has 0 N–H and O–H groups in total. The average Bonchev–Trinajstić information content (AvgIpc) is 2.14. The zero-order chi connectivity index (χ0) is 12.3. The first-order chi connectivity index (χ1) is 7.29. The fourth-order valence-corrected chi connectivity index (χ4v) is 2.27. The third-order valence-electron chi connectivity index (χ3n) is 2.96. The predicted molar refractivity (Wildman–Crippen MR) is 75.3 cm³/mol. The van der Waals surface area contributed by atoms with Crippen LogP contribution in [-0.2, 0) is 0 Å². The standard InChI is InChI=1S/C15H24S/c1-11(2)14(10-15(3,4)5)12-6-8-13(16)9-7-12/h6-9,11,14,16H,10H2,1-5H3. The summed E-state index contributed by atoms with van der Waals surface area (Å²) in [5.41, 5.74) is 1.83. The van der Waals surface area contributed by atoms with E-state index in [4.69, 9.17) is 0 Å². The largest absolute Gasteiger partial charge is 0.143 e. The summed E-state index contributed by atoms with van der Waals surface area (Å²) in [6, 6.07) is 8.63. The van der Waals surface area contributed by atoms with Gasteiger partial charge in [0, 0.05) is 4.90 Å². The first kappa shape index (κ1) is 13.6. The normalized spacial score (nSPS) is 14.2. The van der Waals surface area contributed by atoms with Crippen LogP contribution in [0.1, 0.15) is 52.5 Å². The van der Waals surface area contributed by atoms with E-state index in [0.29, 0.717) is 17.3 Å². The molecule has 0 spiro atoms. The highest BCUT2D eigenvalue weighted by Gasteiger charge is 2.22. The Hall–Kier alpha value is -0.430. The minimum absolute atomic E-state index is 0.384. The van der Waals surface area contributed by atoms with Gasteiger partial charge in [-0.2, -0.15) is 0 Å². The van der Waals surface area contributed by atoms with E-state index >= 15 is 0 Å². The molecule has 0 radical (unpaired) electrons. The Balaban J connectivity index is 2.90. The van der Waals surface area contributed by atoms with Crippen molar-refractivity contribution in [1.29, 1.82) is 0 Å². The monoisotopic (exact) mass is 236 g/mol. The summed E-state index contributed by atoms with van der Waals surface area (Å²) < 4.78 is 0. The second-order valence-electron chi connectivity index (χ2n) is 6.21. The molecule has 0 saturated carbocycles. The van der Waals surface area contributed by atoms with E-state index in [-0.39, 0.29) is 0 Å². The molecule has 0 aliphatic carbocycles. The Morgan fingerprint density at radius 3 is 1.94 bits per heavy atom. The van der Waals surface area contributed by atoms with Crippen molar-refractivity contribution in [3.8, 4) is 0 Å². The van der Waals surface area contributed by atoms with Crippen LogP contribution in [0.2, 0.25) is 0 Å². The Morgan fingerprint density at radius 2 is 1.56 bits per heavy atom. The summed E-state index contributed by atoms with van der Waals surface area (Å²) in [4.78, 5) is 1.04. The smallest absolute Gasteiger partial charge is 0.00401 e. The van der Waals surface area contributed by atoms with E-state index in [1.165, 1.54) is 12.0 Å². The van der Waals surface area contributed by atoms with Gasteiger partial charge in [0.15, 0.2) is 0 Å². The van der Waals surface area contributed by atoms with Crippen molar-refractivity contribution in [3.63, 3.8) is 0 Å². The van der Waals surface area contributed by atoms with Crippen LogP contribution in [0.3, 0.4) is 0 Å². The summed E-state index contributed by atoms with van der Waals surface area (Å²) in [5, 5.41) is 0. The molecule has 0 fully saturated rings. The Kier molecular flexibility index (Phi) is 4.49. The molecule has 0 aromatic heterocycles. The topological polar surface area (TPSA) is 0 Å².